The molecular formula is C17H27FN2O. The van der Waals surface area contributed by atoms with E-state index in [0.717, 1.165) is 31.7 Å². The molecule has 0 radical (unpaired) electrons. The Hall–Kier alpha value is -1.13. The van der Waals surface area contributed by atoms with Crippen LogP contribution in [0.5, 0.6) is 0 Å². The van der Waals surface area contributed by atoms with Gasteiger partial charge in [-0.05, 0) is 51.8 Å². The summed E-state index contributed by atoms with van der Waals surface area (Å²) < 4.78 is 20.0. The maximum Gasteiger partial charge on any atom is 0.146 e. The zero-order valence-electron chi connectivity index (χ0n) is 13.6. The summed E-state index contributed by atoms with van der Waals surface area (Å²) in [7, 11) is 0. The van der Waals surface area contributed by atoms with Gasteiger partial charge >= 0.3 is 0 Å². The van der Waals surface area contributed by atoms with Gasteiger partial charge in [-0.15, -0.1) is 0 Å². The Balaban J connectivity index is 2.07. The summed E-state index contributed by atoms with van der Waals surface area (Å²) in [6.45, 7) is 11.4. The molecular weight excluding hydrogens is 267 g/mol. The second kappa shape index (κ2) is 6.75. The van der Waals surface area contributed by atoms with Crippen LogP contribution in [0.15, 0.2) is 18.2 Å². The second-order valence-electron chi connectivity index (χ2n) is 6.87. The molecule has 1 unspecified atom stereocenters. The Morgan fingerprint density at radius 3 is 2.81 bits per heavy atom. The summed E-state index contributed by atoms with van der Waals surface area (Å²) in [5, 5.41) is 3.38. The molecule has 0 amide bonds. The van der Waals surface area contributed by atoms with Gasteiger partial charge in [-0.25, -0.2) is 4.39 Å². The molecule has 118 valence electrons. The van der Waals surface area contributed by atoms with E-state index < -0.39 is 0 Å². The minimum absolute atomic E-state index is 0.0344. The highest BCUT2D eigenvalue weighted by molar-refractivity contribution is 5.49. The molecule has 1 atom stereocenters. The predicted octanol–water partition coefficient (Wildman–Crippen LogP) is 3.33. The minimum atomic E-state index is -0.141. The quantitative estimate of drug-likeness (QED) is 0.925. The first-order chi connectivity index (χ1) is 9.85. The summed E-state index contributed by atoms with van der Waals surface area (Å²) in [6.07, 6.45) is 1.09. The standard InChI is InChI=1S/C17H27FN2O/c1-13-12-20(8-5-9-21-13)16-7-6-14(10-15(16)18)11-19-17(2,3)4/h6-7,10,13,19H,5,8-9,11-12H2,1-4H3. The molecule has 0 bridgehead atoms. The molecule has 1 aromatic carbocycles. The van der Waals surface area contributed by atoms with Crippen LogP contribution in [0.2, 0.25) is 0 Å². The van der Waals surface area contributed by atoms with E-state index in [1.807, 2.05) is 19.1 Å². The Bertz CT molecular complexity index is 470. The van der Waals surface area contributed by atoms with Gasteiger partial charge in [0.1, 0.15) is 5.82 Å². The topological polar surface area (TPSA) is 24.5 Å². The molecule has 1 heterocycles. The second-order valence-corrected chi connectivity index (χ2v) is 6.87. The van der Waals surface area contributed by atoms with E-state index in [2.05, 4.69) is 31.0 Å². The van der Waals surface area contributed by atoms with Gasteiger partial charge in [0.2, 0.25) is 0 Å². The van der Waals surface area contributed by atoms with Crippen molar-refractivity contribution in [2.45, 2.75) is 52.3 Å². The van der Waals surface area contributed by atoms with Gasteiger partial charge in [-0.1, -0.05) is 6.07 Å². The molecule has 0 aromatic heterocycles. The fourth-order valence-corrected chi connectivity index (χ4v) is 2.50. The number of benzene rings is 1. The van der Waals surface area contributed by atoms with Crippen molar-refractivity contribution in [2.75, 3.05) is 24.6 Å². The van der Waals surface area contributed by atoms with Crippen molar-refractivity contribution < 1.29 is 9.13 Å². The Morgan fingerprint density at radius 1 is 1.38 bits per heavy atom. The molecule has 3 nitrogen and oxygen atoms in total. The van der Waals surface area contributed by atoms with Crippen LogP contribution in [-0.2, 0) is 11.3 Å². The molecule has 1 aliphatic rings. The van der Waals surface area contributed by atoms with Gasteiger partial charge in [0.15, 0.2) is 0 Å². The third kappa shape index (κ3) is 4.97. The number of nitrogens with one attached hydrogen (secondary N) is 1. The lowest BCUT2D eigenvalue weighted by Crippen LogP contribution is -2.35. The van der Waals surface area contributed by atoms with Crippen LogP contribution in [0.1, 0.15) is 39.7 Å². The minimum Gasteiger partial charge on any atom is -0.377 e. The molecule has 0 aliphatic carbocycles. The maximum absolute atomic E-state index is 14.4. The number of halogens is 1. The molecule has 1 N–H and O–H groups in total. The average Bonchev–Trinajstić information content (AvgIpc) is 2.60. The van der Waals surface area contributed by atoms with Gasteiger partial charge in [-0.2, -0.15) is 0 Å². The van der Waals surface area contributed by atoms with Crippen LogP contribution in [0, 0.1) is 5.82 Å². The normalized spacial score (nSPS) is 20.4. The Labute approximate surface area is 127 Å². The third-order valence-electron chi connectivity index (χ3n) is 3.63. The number of rotatable bonds is 3. The van der Waals surface area contributed by atoms with E-state index in [-0.39, 0.29) is 17.5 Å². The maximum atomic E-state index is 14.4. The Kier molecular flexibility index (Phi) is 5.22. The largest absolute Gasteiger partial charge is 0.377 e. The third-order valence-corrected chi connectivity index (χ3v) is 3.63. The lowest BCUT2D eigenvalue weighted by molar-refractivity contribution is 0.0820. The highest BCUT2D eigenvalue weighted by Gasteiger charge is 2.18. The molecule has 1 aliphatic heterocycles. The fraction of sp³-hybridized carbons (Fsp3) is 0.647. The van der Waals surface area contributed by atoms with Crippen molar-refractivity contribution in [2.24, 2.45) is 0 Å². The van der Waals surface area contributed by atoms with Crippen molar-refractivity contribution in [1.29, 1.82) is 0 Å². The van der Waals surface area contributed by atoms with E-state index in [1.54, 1.807) is 6.07 Å². The SMILES string of the molecule is CC1CN(c2ccc(CNC(C)(C)C)cc2F)CCCO1. The zero-order chi connectivity index (χ0) is 15.5. The lowest BCUT2D eigenvalue weighted by atomic mass is 10.1. The zero-order valence-corrected chi connectivity index (χ0v) is 13.6. The summed E-state index contributed by atoms with van der Waals surface area (Å²) in [6, 6.07) is 5.55. The van der Waals surface area contributed by atoms with Crippen molar-refractivity contribution in [1.82, 2.24) is 5.32 Å². The number of hydrogen-bond donors (Lipinski definition) is 1. The summed E-state index contributed by atoms with van der Waals surface area (Å²) >= 11 is 0. The monoisotopic (exact) mass is 294 g/mol. The summed E-state index contributed by atoms with van der Waals surface area (Å²) in [5.41, 5.74) is 1.70. The van der Waals surface area contributed by atoms with Crippen molar-refractivity contribution >= 4 is 5.69 Å². The first-order valence-corrected chi connectivity index (χ1v) is 7.75. The van der Waals surface area contributed by atoms with E-state index in [0.29, 0.717) is 12.2 Å². The van der Waals surface area contributed by atoms with Crippen LogP contribution < -0.4 is 10.2 Å². The molecule has 1 aromatic rings. The van der Waals surface area contributed by atoms with Crippen molar-refractivity contribution in [3.63, 3.8) is 0 Å². The number of nitrogens with zero attached hydrogens (tertiary/aromatic N) is 1. The highest BCUT2D eigenvalue weighted by atomic mass is 19.1. The van der Waals surface area contributed by atoms with Crippen LogP contribution in [0.25, 0.3) is 0 Å². The van der Waals surface area contributed by atoms with Crippen LogP contribution in [0.4, 0.5) is 10.1 Å². The van der Waals surface area contributed by atoms with Crippen LogP contribution in [0.3, 0.4) is 0 Å². The first-order valence-electron chi connectivity index (χ1n) is 7.75. The van der Waals surface area contributed by atoms with Gasteiger partial charge in [0, 0.05) is 31.8 Å². The molecule has 1 fully saturated rings. The van der Waals surface area contributed by atoms with Crippen LogP contribution >= 0.6 is 0 Å². The molecule has 21 heavy (non-hydrogen) atoms. The van der Waals surface area contributed by atoms with Gasteiger partial charge in [0.25, 0.3) is 0 Å². The van der Waals surface area contributed by atoms with Gasteiger partial charge in [-0.3, -0.25) is 0 Å². The number of anilines is 1. The number of hydrogen-bond acceptors (Lipinski definition) is 3. The van der Waals surface area contributed by atoms with Crippen LogP contribution in [-0.4, -0.2) is 31.3 Å². The van der Waals surface area contributed by atoms with Gasteiger partial charge < -0.3 is 15.0 Å². The van der Waals surface area contributed by atoms with E-state index in [1.165, 1.54) is 0 Å². The molecule has 0 spiro atoms. The highest BCUT2D eigenvalue weighted by Crippen LogP contribution is 2.23. The van der Waals surface area contributed by atoms with Crippen molar-refractivity contribution in [3.05, 3.63) is 29.6 Å². The first kappa shape index (κ1) is 16.2. The van der Waals surface area contributed by atoms with Crippen molar-refractivity contribution in [3.8, 4) is 0 Å². The molecule has 0 saturated carbocycles. The number of ether oxygens (including phenoxy) is 1. The predicted molar refractivity (Wildman–Crippen MR) is 85.2 cm³/mol. The van der Waals surface area contributed by atoms with E-state index >= 15 is 0 Å². The van der Waals surface area contributed by atoms with E-state index in [4.69, 9.17) is 4.74 Å². The molecule has 4 heteroatoms. The fourth-order valence-electron chi connectivity index (χ4n) is 2.50. The summed E-state index contributed by atoms with van der Waals surface area (Å²) in [5.74, 6) is -0.141. The Morgan fingerprint density at radius 2 is 2.14 bits per heavy atom. The smallest absolute Gasteiger partial charge is 0.146 e. The molecule has 1 saturated heterocycles. The van der Waals surface area contributed by atoms with E-state index in [9.17, 15) is 4.39 Å². The lowest BCUT2D eigenvalue weighted by Gasteiger charge is -2.25. The van der Waals surface area contributed by atoms with Gasteiger partial charge in [0.05, 0.1) is 11.8 Å². The summed E-state index contributed by atoms with van der Waals surface area (Å²) in [4.78, 5) is 2.09. The average molecular weight is 294 g/mol. The molecule has 2 rings (SSSR count).